The van der Waals surface area contributed by atoms with Gasteiger partial charge in [-0.25, -0.2) is 14.4 Å². The minimum Gasteiger partial charge on any atom is -0.241 e. The van der Waals surface area contributed by atoms with Crippen molar-refractivity contribution in [1.29, 1.82) is 0 Å². The Morgan fingerprint density at radius 1 is 1.07 bits per heavy atom. The number of fused-ring (bicyclic) bond motifs is 1. The Morgan fingerprint density at radius 3 is 2.50 bits per heavy atom. The molecule has 0 amide bonds. The molecule has 2 nitrogen and oxygen atoms in total. The number of pyridine rings is 2. The third-order valence-electron chi connectivity index (χ3n) is 1.71. The van der Waals surface area contributed by atoms with Gasteiger partial charge in [0.05, 0.1) is 0 Å². The molecule has 0 fully saturated rings. The average Bonchev–Trinajstić information content (AvgIpc) is 2.12. The molecule has 14 heavy (non-hydrogen) atoms. The second-order valence-corrected chi connectivity index (χ2v) is 3.66. The Kier molecular flexibility index (Phi) is 2.47. The van der Waals surface area contributed by atoms with Crippen LogP contribution in [0.3, 0.4) is 0 Å². The van der Waals surface area contributed by atoms with Crippen molar-refractivity contribution in [3.63, 3.8) is 0 Å². The van der Waals surface area contributed by atoms with Gasteiger partial charge in [0, 0.05) is 17.0 Å². The van der Waals surface area contributed by atoms with Crippen LogP contribution in [0.15, 0.2) is 12.3 Å². The quantitative estimate of drug-likeness (QED) is 0.667. The van der Waals surface area contributed by atoms with Gasteiger partial charge in [0.1, 0.15) is 10.3 Å². The predicted octanol–water partition coefficient (Wildman–Crippen LogP) is 3.73. The Morgan fingerprint density at radius 2 is 1.79 bits per heavy atom. The van der Waals surface area contributed by atoms with Crippen LogP contribution in [0.25, 0.3) is 10.8 Å². The molecule has 0 spiro atoms. The normalized spacial score (nSPS) is 10.9. The molecule has 72 valence electrons. The highest BCUT2D eigenvalue weighted by Crippen LogP contribution is 2.28. The zero-order valence-electron chi connectivity index (χ0n) is 6.56. The molecule has 0 N–H and O–H groups in total. The van der Waals surface area contributed by atoms with Gasteiger partial charge < -0.3 is 0 Å². The second kappa shape index (κ2) is 3.50. The van der Waals surface area contributed by atoms with E-state index in [4.69, 9.17) is 34.8 Å². The van der Waals surface area contributed by atoms with E-state index in [0.717, 1.165) is 0 Å². The van der Waals surface area contributed by atoms with Crippen LogP contribution in [0.4, 0.5) is 4.39 Å². The lowest BCUT2D eigenvalue weighted by Gasteiger charge is -2.02. The zero-order chi connectivity index (χ0) is 10.3. The standard InChI is InChI=1S/C8H2Cl3FN2/c9-5-1-3-4(7(10)14-5)2-13-8(11)6(3)12/h1-2H. The number of halogens is 4. The first-order valence-electron chi connectivity index (χ1n) is 3.55. The Balaban J connectivity index is 2.95. The first-order valence-corrected chi connectivity index (χ1v) is 4.68. The summed E-state index contributed by atoms with van der Waals surface area (Å²) >= 11 is 16.9. The first kappa shape index (κ1) is 9.90. The van der Waals surface area contributed by atoms with Crippen molar-refractivity contribution >= 4 is 45.6 Å². The van der Waals surface area contributed by atoms with Gasteiger partial charge in [-0.2, -0.15) is 0 Å². The molecule has 2 aromatic heterocycles. The van der Waals surface area contributed by atoms with E-state index in [0.29, 0.717) is 5.39 Å². The molecule has 6 heteroatoms. The van der Waals surface area contributed by atoms with Crippen LogP contribution < -0.4 is 0 Å². The van der Waals surface area contributed by atoms with E-state index >= 15 is 0 Å². The molecule has 0 aromatic carbocycles. The molecule has 0 aliphatic heterocycles. The SMILES string of the molecule is Fc1c(Cl)ncc2c(Cl)nc(Cl)cc12. The molecule has 0 saturated carbocycles. The van der Waals surface area contributed by atoms with Crippen LogP contribution in [-0.2, 0) is 0 Å². The predicted molar refractivity (Wildman–Crippen MR) is 54.5 cm³/mol. The summed E-state index contributed by atoms with van der Waals surface area (Å²) in [6, 6.07) is 1.35. The summed E-state index contributed by atoms with van der Waals surface area (Å²) in [6.45, 7) is 0. The molecule has 0 atom stereocenters. The van der Waals surface area contributed by atoms with Gasteiger partial charge in [-0.1, -0.05) is 34.8 Å². The van der Waals surface area contributed by atoms with Gasteiger partial charge in [0.2, 0.25) is 0 Å². The molecule has 0 bridgehead atoms. The maximum absolute atomic E-state index is 13.4. The summed E-state index contributed by atoms with van der Waals surface area (Å²) in [5.74, 6) is -0.643. The van der Waals surface area contributed by atoms with Crippen LogP contribution in [0.1, 0.15) is 0 Å². The molecule has 0 aliphatic rings. The maximum atomic E-state index is 13.4. The highest BCUT2D eigenvalue weighted by molar-refractivity contribution is 6.37. The summed E-state index contributed by atoms with van der Waals surface area (Å²) in [4.78, 5) is 7.37. The lowest BCUT2D eigenvalue weighted by molar-refractivity contribution is 0.634. The van der Waals surface area contributed by atoms with E-state index in [1.54, 1.807) is 0 Å². The van der Waals surface area contributed by atoms with Crippen LogP contribution >= 0.6 is 34.8 Å². The van der Waals surface area contributed by atoms with E-state index in [1.165, 1.54) is 12.3 Å². The highest BCUT2D eigenvalue weighted by Gasteiger charge is 2.11. The maximum Gasteiger partial charge on any atom is 0.168 e. The lowest BCUT2D eigenvalue weighted by Crippen LogP contribution is -1.88. The largest absolute Gasteiger partial charge is 0.241 e. The number of nitrogens with zero attached hydrogens (tertiary/aromatic N) is 2. The summed E-state index contributed by atoms with van der Waals surface area (Å²) in [5, 5.41) is 0.614. The molecule has 2 aromatic rings. The van der Waals surface area contributed by atoms with E-state index in [1.807, 2.05) is 0 Å². The average molecular weight is 251 g/mol. The van der Waals surface area contributed by atoms with Gasteiger partial charge in [-0.05, 0) is 6.07 Å². The lowest BCUT2D eigenvalue weighted by atomic mass is 10.2. The highest BCUT2D eigenvalue weighted by atomic mass is 35.5. The fourth-order valence-electron chi connectivity index (χ4n) is 1.09. The third kappa shape index (κ3) is 1.52. The van der Waals surface area contributed by atoms with Gasteiger partial charge in [-0.15, -0.1) is 0 Å². The summed E-state index contributed by atoms with van der Waals surface area (Å²) in [6.07, 6.45) is 1.35. The van der Waals surface area contributed by atoms with Crippen LogP contribution in [0.2, 0.25) is 15.5 Å². The van der Waals surface area contributed by atoms with Gasteiger partial charge in [-0.3, -0.25) is 0 Å². The van der Waals surface area contributed by atoms with E-state index in [-0.39, 0.29) is 20.8 Å². The molecule has 0 aliphatic carbocycles. The van der Waals surface area contributed by atoms with Crippen LogP contribution in [0, 0.1) is 5.82 Å². The molecule has 0 saturated heterocycles. The van der Waals surface area contributed by atoms with Crippen LogP contribution in [-0.4, -0.2) is 9.97 Å². The summed E-state index contributed by atoms with van der Waals surface area (Å²) in [5.41, 5.74) is 0. The van der Waals surface area contributed by atoms with Crippen molar-refractivity contribution in [3.05, 3.63) is 33.5 Å². The number of rotatable bonds is 0. The summed E-state index contributed by atoms with van der Waals surface area (Å²) in [7, 11) is 0. The van der Waals surface area contributed by atoms with Crippen LogP contribution in [0.5, 0.6) is 0 Å². The Hall–Kier alpha value is -0.640. The molecule has 0 unspecified atom stereocenters. The van der Waals surface area contributed by atoms with E-state index in [2.05, 4.69) is 9.97 Å². The summed E-state index contributed by atoms with van der Waals surface area (Å²) < 4.78 is 13.4. The number of hydrogen-bond donors (Lipinski definition) is 0. The van der Waals surface area contributed by atoms with E-state index < -0.39 is 5.82 Å². The van der Waals surface area contributed by atoms with Crippen molar-refractivity contribution in [2.24, 2.45) is 0 Å². The van der Waals surface area contributed by atoms with Gasteiger partial charge >= 0.3 is 0 Å². The Bertz CT molecular complexity index is 515. The van der Waals surface area contributed by atoms with Crippen molar-refractivity contribution in [2.45, 2.75) is 0 Å². The molecule has 0 radical (unpaired) electrons. The monoisotopic (exact) mass is 250 g/mol. The first-order chi connectivity index (χ1) is 6.59. The van der Waals surface area contributed by atoms with Crippen molar-refractivity contribution in [1.82, 2.24) is 9.97 Å². The molecular formula is C8H2Cl3FN2. The minimum atomic E-state index is -0.643. The van der Waals surface area contributed by atoms with Crippen molar-refractivity contribution in [3.8, 4) is 0 Å². The van der Waals surface area contributed by atoms with E-state index in [9.17, 15) is 4.39 Å². The van der Waals surface area contributed by atoms with Crippen molar-refractivity contribution < 1.29 is 4.39 Å². The number of hydrogen-bond acceptors (Lipinski definition) is 2. The fourth-order valence-corrected chi connectivity index (χ4v) is 1.72. The minimum absolute atomic E-state index is 0.107. The fraction of sp³-hybridized carbons (Fsp3) is 0. The third-order valence-corrected chi connectivity index (χ3v) is 2.45. The van der Waals surface area contributed by atoms with Crippen molar-refractivity contribution in [2.75, 3.05) is 0 Å². The molecule has 2 rings (SSSR count). The van der Waals surface area contributed by atoms with Gasteiger partial charge in [0.25, 0.3) is 0 Å². The molecular weight excluding hydrogens is 249 g/mol. The topological polar surface area (TPSA) is 25.8 Å². The number of aromatic nitrogens is 2. The Labute approximate surface area is 93.6 Å². The molecule has 2 heterocycles. The zero-order valence-corrected chi connectivity index (χ0v) is 8.83. The second-order valence-electron chi connectivity index (χ2n) is 2.56. The van der Waals surface area contributed by atoms with Gasteiger partial charge in [0.15, 0.2) is 11.0 Å². The smallest absolute Gasteiger partial charge is 0.168 e.